The molecule has 0 aromatic rings. The van der Waals surface area contributed by atoms with Gasteiger partial charge in [-0.15, -0.1) is 0 Å². The monoisotopic (exact) mass is 189 g/mol. The normalized spacial score (nSPS) is 16.2. The van der Waals surface area contributed by atoms with Crippen LogP contribution in [0.4, 0.5) is 0 Å². The quantitative estimate of drug-likeness (QED) is 0.588. The first-order chi connectivity index (χ1) is 6.04. The maximum absolute atomic E-state index is 9.06. The van der Waals surface area contributed by atoms with Crippen molar-refractivity contribution in [2.45, 2.75) is 27.2 Å². The molecule has 0 aromatic heterocycles. The lowest BCUT2D eigenvalue weighted by molar-refractivity contribution is 0.0594. The average molecular weight is 189 g/mol. The van der Waals surface area contributed by atoms with E-state index in [9.17, 15) is 0 Å². The van der Waals surface area contributed by atoms with Crippen LogP contribution in [0.5, 0.6) is 0 Å². The van der Waals surface area contributed by atoms with Crippen molar-refractivity contribution in [1.82, 2.24) is 0 Å². The molecule has 1 unspecified atom stereocenters. The zero-order chi connectivity index (χ0) is 10.3. The molecule has 3 nitrogen and oxygen atoms in total. The van der Waals surface area contributed by atoms with E-state index in [4.69, 9.17) is 15.6 Å². The Bertz CT molecular complexity index is 122. The van der Waals surface area contributed by atoms with E-state index in [1.165, 1.54) is 0 Å². The van der Waals surface area contributed by atoms with Gasteiger partial charge in [-0.05, 0) is 18.9 Å². The fourth-order valence-electron chi connectivity index (χ4n) is 0.883. The number of hydrogen-bond acceptors (Lipinski definition) is 3. The van der Waals surface area contributed by atoms with Crippen LogP contribution in [-0.4, -0.2) is 31.5 Å². The number of aliphatic hydroxyl groups is 1. The van der Waals surface area contributed by atoms with Crippen molar-refractivity contribution in [1.29, 1.82) is 0 Å². The molecule has 3 heteroatoms. The molecule has 13 heavy (non-hydrogen) atoms. The smallest absolute Gasteiger partial charge is 0.0497 e. The predicted molar refractivity (Wildman–Crippen MR) is 54.5 cm³/mol. The lowest BCUT2D eigenvalue weighted by Gasteiger charge is -2.25. The van der Waals surface area contributed by atoms with E-state index in [0.29, 0.717) is 19.1 Å². The number of rotatable bonds is 7. The Hall–Kier alpha value is -0.120. The largest absolute Gasteiger partial charge is 0.396 e. The van der Waals surface area contributed by atoms with Gasteiger partial charge < -0.3 is 15.6 Å². The van der Waals surface area contributed by atoms with Crippen LogP contribution in [0.15, 0.2) is 0 Å². The highest BCUT2D eigenvalue weighted by Crippen LogP contribution is 2.18. The Morgan fingerprint density at radius 1 is 1.46 bits per heavy atom. The van der Waals surface area contributed by atoms with Gasteiger partial charge in [-0.25, -0.2) is 0 Å². The Labute approximate surface area is 81.3 Å². The first-order valence-electron chi connectivity index (χ1n) is 4.93. The van der Waals surface area contributed by atoms with Crippen molar-refractivity contribution in [2.75, 3.05) is 26.4 Å². The molecule has 0 saturated carbocycles. The summed E-state index contributed by atoms with van der Waals surface area (Å²) in [4.78, 5) is 0. The number of nitrogens with two attached hydrogens (primary N) is 1. The van der Waals surface area contributed by atoms with Gasteiger partial charge in [0.05, 0.1) is 0 Å². The maximum Gasteiger partial charge on any atom is 0.0497 e. The Kier molecular flexibility index (Phi) is 6.29. The van der Waals surface area contributed by atoms with E-state index >= 15 is 0 Å². The van der Waals surface area contributed by atoms with Gasteiger partial charge in [-0.1, -0.05) is 20.8 Å². The molecule has 0 amide bonds. The zero-order valence-corrected chi connectivity index (χ0v) is 9.05. The summed E-state index contributed by atoms with van der Waals surface area (Å²) in [6.07, 6.45) is 0.826. The molecule has 0 saturated heterocycles. The first kappa shape index (κ1) is 12.9. The van der Waals surface area contributed by atoms with Crippen molar-refractivity contribution in [3.8, 4) is 0 Å². The Morgan fingerprint density at radius 3 is 2.46 bits per heavy atom. The summed E-state index contributed by atoms with van der Waals surface area (Å²) in [7, 11) is 0. The summed E-state index contributed by atoms with van der Waals surface area (Å²) < 4.78 is 5.43. The minimum Gasteiger partial charge on any atom is -0.396 e. The highest BCUT2D eigenvalue weighted by molar-refractivity contribution is 4.73. The van der Waals surface area contributed by atoms with Crippen molar-refractivity contribution in [3.63, 3.8) is 0 Å². The van der Waals surface area contributed by atoms with Crippen molar-refractivity contribution in [2.24, 2.45) is 17.1 Å². The highest BCUT2D eigenvalue weighted by Gasteiger charge is 2.20. The van der Waals surface area contributed by atoms with Gasteiger partial charge >= 0.3 is 0 Å². The van der Waals surface area contributed by atoms with E-state index in [2.05, 4.69) is 13.8 Å². The summed E-state index contributed by atoms with van der Waals surface area (Å²) in [5.41, 5.74) is 5.37. The summed E-state index contributed by atoms with van der Waals surface area (Å²) in [5, 5.41) is 9.06. The second-order valence-corrected chi connectivity index (χ2v) is 4.39. The van der Waals surface area contributed by atoms with Gasteiger partial charge in [0.2, 0.25) is 0 Å². The minimum absolute atomic E-state index is 0.133. The van der Waals surface area contributed by atoms with Crippen LogP contribution in [0.1, 0.15) is 27.2 Å². The van der Waals surface area contributed by atoms with Gasteiger partial charge in [-0.3, -0.25) is 0 Å². The molecule has 0 aliphatic rings. The van der Waals surface area contributed by atoms with Crippen molar-refractivity contribution in [3.05, 3.63) is 0 Å². The highest BCUT2D eigenvalue weighted by atomic mass is 16.5. The average Bonchev–Trinajstić information content (AvgIpc) is 2.12. The maximum atomic E-state index is 9.06. The van der Waals surface area contributed by atoms with Crippen LogP contribution in [0.3, 0.4) is 0 Å². The lowest BCUT2D eigenvalue weighted by Crippen LogP contribution is -2.32. The summed E-state index contributed by atoms with van der Waals surface area (Å²) in [6.45, 7) is 8.33. The molecular weight excluding hydrogens is 166 g/mol. The second-order valence-electron chi connectivity index (χ2n) is 4.39. The third-order valence-electron chi connectivity index (χ3n) is 2.18. The SMILES string of the molecule is CC(C)COCCC(C)(CN)CO. The minimum atomic E-state index is -0.170. The molecule has 0 aliphatic carbocycles. The number of ether oxygens (including phenoxy) is 1. The zero-order valence-electron chi connectivity index (χ0n) is 9.05. The number of hydrogen-bond donors (Lipinski definition) is 2. The molecule has 0 aliphatic heterocycles. The van der Waals surface area contributed by atoms with Crippen LogP contribution in [-0.2, 0) is 4.74 Å². The van der Waals surface area contributed by atoms with Crippen LogP contribution in [0.25, 0.3) is 0 Å². The topological polar surface area (TPSA) is 55.5 Å². The fraction of sp³-hybridized carbons (Fsp3) is 1.00. The van der Waals surface area contributed by atoms with E-state index < -0.39 is 0 Å². The molecule has 0 bridgehead atoms. The third-order valence-corrected chi connectivity index (χ3v) is 2.18. The predicted octanol–water partition coefficient (Wildman–Crippen LogP) is 1.01. The van der Waals surface area contributed by atoms with Gasteiger partial charge in [0.15, 0.2) is 0 Å². The van der Waals surface area contributed by atoms with Crippen LogP contribution in [0.2, 0.25) is 0 Å². The number of aliphatic hydroxyl groups excluding tert-OH is 1. The second kappa shape index (κ2) is 6.35. The van der Waals surface area contributed by atoms with Gasteiger partial charge in [0.25, 0.3) is 0 Å². The third kappa shape index (κ3) is 6.02. The summed E-state index contributed by atoms with van der Waals surface area (Å²) in [6, 6.07) is 0. The molecular formula is C10H23NO2. The molecule has 0 fully saturated rings. The van der Waals surface area contributed by atoms with E-state index in [0.717, 1.165) is 13.0 Å². The molecule has 0 radical (unpaired) electrons. The molecule has 1 atom stereocenters. The molecule has 0 aromatic carbocycles. The lowest BCUT2D eigenvalue weighted by atomic mass is 9.88. The molecule has 0 spiro atoms. The van der Waals surface area contributed by atoms with Crippen molar-refractivity contribution >= 4 is 0 Å². The van der Waals surface area contributed by atoms with Crippen LogP contribution >= 0.6 is 0 Å². The first-order valence-corrected chi connectivity index (χ1v) is 4.93. The van der Waals surface area contributed by atoms with Crippen LogP contribution in [0, 0.1) is 11.3 Å². The van der Waals surface area contributed by atoms with Crippen LogP contribution < -0.4 is 5.73 Å². The van der Waals surface area contributed by atoms with Crippen molar-refractivity contribution < 1.29 is 9.84 Å². The van der Waals surface area contributed by atoms with E-state index in [1.807, 2.05) is 6.92 Å². The van der Waals surface area contributed by atoms with E-state index in [1.54, 1.807) is 0 Å². The summed E-state index contributed by atoms with van der Waals surface area (Å²) in [5.74, 6) is 0.568. The Balaban J connectivity index is 3.50. The van der Waals surface area contributed by atoms with E-state index in [-0.39, 0.29) is 12.0 Å². The van der Waals surface area contributed by atoms with Gasteiger partial charge in [0.1, 0.15) is 0 Å². The fourth-order valence-corrected chi connectivity index (χ4v) is 0.883. The Morgan fingerprint density at radius 2 is 2.08 bits per heavy atom. The van der Waals surface area contributed by atoms with Gasteiger partial charge in [-0.2, -0.15) is 0 Å². The summed E-state index contributed by atoms with van der Waals surface area (Å²) >= 11 is 0. The standard InChI is InChI=1S/C10H23NO2/c1-9(2)6-13-5-4-10(3,7-11)8-12/h9,12H,4-8,11H2,1-3H3. The molecule has 3 N–H and O–H groups in total. The molecule has 0 rings (SSSR count). The molecule has 0 heterocycles. The molecule has 80 valence electrons. The van der Waals surface area contributed by atoms with Gasteiger partial charge in [0, 0.05) is 25.2 Å².